The zero-order valence-corrected chi connectivity index (χ0v) is 12.5. The van der Waals surface area contributed by atoms with Crippen LogP contribution in [0.25, 0.3) is 10.9 Å². The molecule has 0 aliphatic heterocycles. The van der Waals surface area contributed by atoms with Crippen molar-refractivity contribution in [3.8, 4) is 0 Å². The molecule has 21 heavy (non-hydrogen) atoms. The molecule has 0 unspecified atom stereocenters. The molecule has 5 nitrogen and oxygen atoms in total. The van der Waals surface area contributed by atoms with E-state index < -0.39 is 0 Å². The summed E-state index contributed by atoms with van der Waals surface area (Å²) < 4.78 is 0. The van der Waals surface area contributed by atoms with Crippen LogP contribution in [0.3, 0.4) is 0 Å². The van der Waals surface area contributed by atoms with Crippen LogP contribution >= 0.6 is 11.6 Å². The van der Waals surface area contributed by atoms with Crippen LogP contribution < -0.4 is 0 Å². The van der Waals surface area contributed by atoms with E-state index in [4.69, 9.17) is 11.6 Å². The molecule has 0 saturated heterocycles. The molecule has 2 N–H and O–H groups in total. The predicted octanol–water partition coefficient (Wildman–Crippen LogP) is 3.13. The second-order valence-corrected chi connectivity index (χ2v) is 5.45. The number of H-pyrrole nitrogens is 2. The van der Waals surface area contributed by atoms with Crippen molar-refractivity contribution >= 4 is 28.4 Å². The van der Waals surface area contributed by atoms with Gasteiger partial charge in [0.15, 0.2) is 0 Å². The lowest BCUT2D eigenvalue weighted by molar-refractivity contribution is 0.0787. The van der Waals surface area contributed by atoms with E-state index in [1.54, 1.807) is 30.4 Å². The Kier molecular flexibility index (Phi) is 3.43. The van der Waals surface area contributed by atoms with Crippen LogP contribution in [0.2, 0.25) is 5.02 Å². The number of carbonyl (C=O) groups excluding carboxylic acids is 1. The van der Waals surface area contributed by atoms with Crippen LogP contribution in [-0.4, -0.2) is 33.0 Å². The zero-order valence-electron chi connectivity index (χ0n) is 11.8. The quantitative estimate of drug-likeness (QED) is 0.780. The van der Waals surface area contributed by atoms with Crippen molar-refractivity contribution in [3.05, 3.63) is 52.4 Å². The summed E-state index contributed by atoms with van der Waals surface area (Å²) in [4.78, 5) is 17.4. The van der Waals surface area contributed by atoms with E-state index in [2.05, 4.69) is 15.2 Å². The number of amides is 1. The third-order valence-electron chi connectivity index (χ3n) is 3.57. The van der Waals surface area contributed by atoms with Crippen molar-refractivity contribution in [3.63, 3.8) is 0 Å². The summed E-state index contributed by atoms with van der Waals surface area (Å²) in [7, 11) is 1.77. The van der Waals surface area contributed by atoms with Crippen molar-refractivity contribution in [2.75, 3.05) is 7.05 Å². The summed E-state index contributed by atoms with van der Waals surface area (Å²) in [6, 6.07) is 5.54. The molecule has 2 aromatic heterocycles. The van der Waals surface area contributed by atoms with Gasteiger partial charge in [0, 0.05) is 41.9 Å². The number of halogens is 1. The number of rotatable bonds is 3. The zero-order chi connectivity index (χ0) is 15.0. The van der Waals surface area contributed by atoms with Gasteiger partial charge in [-0.3, -0.25) is 9.89 Å². The van der Waals surface area contributed by atoms with Gasteiger partial charge in [0.25, 0.3) is 5.91 Å². The molecule has 0 fully saturated rings. The Labute approximate surface area is 126 Å². The minimum Gasteiger partial charge on any atom is -0.360 e. The highest BCUT2D eigenvalue weighted by atomic mass is 35.5. The molecular weight excluding hydrogens is 288 g/mol. The minimum absolute atomic E-state index is 0.0741. The van der Waals surface area contributed by atoms with E-state index in [9.17, 15) is 4.79 Å². The number of carbonyl (C=O) groups is 1. The predicted molar refractivity (Wildman–Crippen MR) is 82.4 cm³/mol. The first-order valence-electron chi connectivity index (χ1n) is 6.58. The molecule has 6 heteroatoms. The van der Waals surface area contributed by atoms with Gasteiger partial charge in [0.05, 0.1) is 16.8 Å². The molecule has 108 valence electrons. The minimum atomic E-state index is -0.0741. The molecule has 0 atom stereocenters. The summed E-state index contributed by atoms with van der Waals surface area (Å²) in [5.41, 5.74) is 3.40. The van der Waals surface area contributed by atoms with Crippen LogP contribution in [0.15, 0.2) is 30.6 Å². The lowest BCUT2D eigenvalue weighted by Crippen LogP contribution is -2.26. The van der Waals surface area contributed by atoms with Gasteiger partial charge in [0.1, 0.15) is 0 Å². The number of hydrogen-bond acceptors (Lipinski definition) is 2. The van der Waals surface area contributed by atoms with Crippen LogP contribution in [0.4, 0.5) is 0 Å². The van der Waals surface area contributed by atoms with Gasteiger partial charge >= 0.3 is 0 Å². The standard InChI is InChI=1S/C15H15ClN4O/c1-9-10(6-18-19-9)8-20(2)15(21)11-7-17-13-5-3-4-12(16)14(11)13/h3-7,17H,8H2,1-2H3,(H,18,19). The molecule has 1 aromatic carbocycles. The van der Waals surface area contributed by atoms with Gasteiger partial charge in [-0.1, -0.05) is 17.7 Å². The highest BCUT2D eigenvalue weighted by Gasteiger charge is 2.19. The topological polar surface area (TPSA) is 64.8 Å². The van der Waals surface area contributed by atoms with Gasteiger partial charge in [-0.2, -0.15) is 5.10 Å². The highest BCUT2D eigenvalue weighted by molar-refractivity contribution is 6.36. The molecule has 2 heterocycles. The largest absolute Gasteiger partial charge is 0.360 e. The molecule has 0 saturated carbocycles. The first kappa shape index (κ1) is 13.7. The van der Waals surface area contributed by atoms with Crippen molar-refractivity contribution in [2.24, 2.45) is 0 Å². The Morgan fingerprint density at radius 1 is 1.43 bits per heavy atom. The van der Waals surface area contributed by atoms with E-state index in [0.29, 0.717) is 17.1 Å². The van der Waals surface area contributed by atoms with E-state index in [0.717, 1.165) is 22.2 Å². The molecule has 0 spiro atoms. The maximum Gasteiger partial charge on any atom is 0.256 e. The Bertz CT molecular complexity index is 805. The van der Waals surface area contributed by atoms with Crippen molar-refractivity contribution in [1.29, 1.82) is 0 Å². The van der Waals surface area contributed by atoms with Crippen LogP contribution in [0.1, 0.15) is 21.6 Å². The van der Waals surface area contributed by atoms with Gasteiger partial charge in [-0.05, 0) is 19.1 Å². The fraction of sp³-hybridized carbons (Fsp3) is 0.200. The Balaban J connectivity index is 1.92. The molecule has 3 rings (SSSR count). The number of fused-ring (bicyclic) bond motifs is 1. The third kappa shape index (κ3) is 2.40. The Hall–Kier alpha value is -2.27. The maximum absolute atomic E-state index is 12.6. The number of hydrogen-bond donors (Lipinski definition) is 2. The monoisotopic (exact) mass is 302 g/mol. The molecule has 0 bridgehead atoms. The van der Waals surface area contributed by atoms with Crippen LogP contribution in [0, 0.1) is 6.92 Å². The molecule has 1 amide bonds. The van der Waals surface area contributed by atoms with Crippen molar-refractivity contribution < 1.29 is 4.79 Å². The van der Waals surface area contributed by atoms with E-state index in [-0.39, 0.29) is 5.91 Å². The number of aryl methyl sites for hydroxylation is 1. The molecule has 3 aromatic rings. The highest BCUT2D eigenvalue weighted by Crippen LogP contribution is 2.27. The number of aromatic nitrogens is 3. The smallest absolute Gasteiger partial charge is 0.256 e. The SMILES string of the molecule is Cc1[nH]ncc1CN(C)C(=O)c1c[nH]c2cccc(Cl)c12. The van der Waals surface area contributed by atoms with E-state index in [1.807, 2.05) is 19.1 Å². The van der Waals surface area contributed by atoms with Crippen LogP contribution in [-0.2, 0) is 6.54 Å². The van der Waals surface area contributed by atoms with Gasteiger partial charge in [-0.25, -0.2) is 0 Å². The molecular formula is C15H15ClN4O. The fourth-order valence-electron chi connectivity index (χ4n) is 2.38. The molecule has 0 aliphatic carbocycles. The number of benzene rings is 1. The van der Waals surface area contributed by atoms with E-state index in [1.165, 1.54) is 0 Å². The summed E-state index contributed by atoms with van der Waals surface area (Å²) in [6.45, 7) is 2.43. The lowest BCUT2D eigenvalue weighted by atomic mass is 10.1. The number of nitrogens with one attached hydrogen (secondary N) is 2. The number of aromatic amines is 2. The summed E-state index contributed by atoms with van der Waals surface area (Å²) in [5, 5.41) is 8.18. The lowest BCUT2D eigenvalue weighted by Gasteiger charge is -2.16. The van der Waals surface area contributed by atoms with E-state index >= 15 is 0 Å². The van der Waals surface area contributed by atoms with Crippen molar-refractivity contribution in [1.82, 2.24) is 20.1 Å². The van der Waals surface area contributed by atoms with Gasteiger partial charge < -0.3 is 9.88 Å². The summed E-state index contributed by atoms with van der Waals surface area (Å²) >= 11 is 6.21. The normalized spacial score (nSPS) is 11.0. The number of nitrogens with zero attached hydrogens (tertiary/aromatic N) is 2. The Morgan fingerprint density at radius 3 is 2.95 bits per heavy atom. The maximum atomic E-state index is 12.6. The van der Waals surface area contributed by atoms with Gasteiger partial charge in [0.2, 0.25) is 0 Å². The average Bonchev–Trinajstić information content (AvgIpc) is 3.06. The third-order valence-corrected chi connectivity index (χ3v) is 3.89. The summed E-state index contributed by atoms with van der Waals surface area (Å²) in [6.07, 6.45) is 3.44. The Morgan fingerprint density at radius 2 is 2.24 bits per heavy atom. The van der Waals surface area contributed by atoms with Crippen molar-refractivity contribution in [2.45, 2.75) is 13.5 Å². The summed E-state index contributed by atoms with van der Waals surface area (Å²) in [5.74, 6) is -0.0741. The van der Waals surface area contributed by atoms with Gasteiger partial charge in [-0.15, -0.1) is 0 Å². The average molecular weight is 303 g/mol. The molecule has 0 aliphatic rings. The second-order valence-electron chi connectivity index (χ2n) is 5.05. The fourth-order valence-corrected chi connectivity index (χ4v) is 2.65. The van der Waals surface area contributed by atoms with Crippen LogP contribution in [0.5, 0.6) is 0 Å². The second kappa shape index (κ2) is 5.26. The molecule has 0 radical (unpaired) electrons. The first-order chi connectivity index (χ1) is 10.1. The first-order valence-corrected chi connectivity index (χ1v) is 6.95.